The highest BCUT2D eigenvalue weighted by atomic mass is 32.1. The van der Waals surface area contributed by atoms with Crippen LogP contribution in [0.2, 0.25) is 0 Å². The fourth-order valence-corrected chi connectivity index (χ4v) is 2.82. The molecule has 0 spiro atoms. The van der Waals surface area contributed by atoms with E-state index < -0.39 is 0 Å². The fourth-order valence-electron chi connectivity index (χ4n) is 2.15. The summed E-state index contributed by atoms with van der Waals surface area (Å²) in [6.07, 6.45) is 2.72. The van der Waals surface area contributed by atoms with Crippen LogP contribution in [0.15, 0.2) is 29.8 Å². The van der Waals surface area contributed by atoms with Crippen molar-refractivity contribution >= 4 is 11.3 Å². The number of nitrogens with zero attached hydrogens (tertiary/aromatic N) is 1. The van der Waals surface area contributed by atoms with Gasteiger partial charge in [0.2, 0.25) is 0 Å². The van der Waals surface area contributed by atoms with Gasteiger partial charge in [0.25, 0.3) is 0 Å². The van der Waals surface area contributed by atoms with Crippen LogP contribution < -0.4 is 14.8 Å². The van der Waals surface area contributed by atoms with Crippen LogP contribution in [0.5, 0.6) is 11.5 Å². The molecule has 4 nitrogen and oxygen atoms in total. The highest BCUT2D eigenvalue weighted by Gasteiger charge is 2.15. The lowest BCUT2D eigenvalue weighted by Gasteiger charge is -2.19. The largest absolute Gasteiger partial charge is 0.493 e. The molecule has 0 aliphatic carbocycles. The van der Waals surface area contributed by atoms with Crippen LogP contribution in [0.4, 0.5) is 0 Å². The molecular formula is C15H20N2O2S. The number of nitrogens with one attached hydrogen (secondary N) is 1. The van der Waals surface area contributed by atoms with E-state index in [9.17, 15) is 0 Å². The van der Waals surface area contributed by atoms with Crippen molar-refractivity contribution < 1.29 is 9.47 Å². The summed E-state index contributed by atoms with van der Waals surface area (Å²) < 4.78 is 10.7. The van der Waals surface area contributed by atoms with Gasteiger partial charge in [-0.3, -0.25) is 0 Å². The smallest absolute Gasteiger partial charge is 0.161 e. The normalized spacial score (nSPS) is 12.2. The maximum Gasteiger partial charge on any atom is 0.161 e. The Balaban J connectivity index is 2.24. The summed E-state index contributed by atoms with van der Waals surface area (Å²) in [6, 6.07) is 6.27. The second-order valence-electron chi connectivity index (χ2n) is 4.35. The van der Waals surface area contributed by atoms with E-state index in [0.29, 0.717) is 0 Å². The summed E-state index contributed by atoms with van der Waals surface area (Å²) in [7, 11) is 3.31. The summed E-state index contributed by atoms with van der Waals surface area (Å²) in [4.78, 5) is 4.36. The molecule has 1 unspecified atom stereocenters. The van der Waals surface area contributed by atoms with Gasteiger partial charge >= 0.3 is 0 Å². The van der Waals surface area contributed by atoms with Gasteiger partial charge in [-0.15, -0.1) is 11.3 Å². The third-order valence-electron chi connectivity index (χ3n) is 3.12. The number of hydrogen-bond acceptors (Lipinski definition) is 5. The monoisotopic (exact) mass is 292 g/mol. The van der Waals surface area contributed by atoms with Gasteiger partial charge in [-0.05, 0) is 24.2 Å². The molecule has 2 aromatic rings. The second kappa shape index (κ2) is 7.26. The van der Waals surface area contributed by atoms with E-state index in [0.717, 1.165) is 29.5 Å². The summed E-state index contributed by atoms with van der Waals surface area (Å²) in [5.41, 5.74) is 1.18. The van der Waals surface area contributed by atoms with Crippen LogP contribution in [-0.2, 0) is 6.42 Å². The molecule has 1 aromatic heterocycles. The maximum atomic E-state index is 5.37. The molecule has 0 aliphatic rings. The number of rotatable bonds is 7. The molecule has 5 heteroatoms. The molecule has 0 radical (unpaired) electrons. The third-order valence-corrected chi connectivity index (χ3v) is 3.92. The molecule has 0 bridgehead atoms. The van der Waals surface area contributed by atoms with Gasteiger partial charge in [-0.1, -0.05) is 13.0 Å². The number of methoxy groups -OCH3 is 2. The fraction of sp³-hybridized carbons (Fsp3) is 0.400. The molecule has 1 aromatic carbocycles. The predicted octanol–water partition coefficient (Wildman–Crippen LogP) is 3.05. The van der Waals surface area contributed by atoms with Crippen molar-refractivity contribution in [1.82, 2.24) is 10.3 Å². The van der Waals surface area contributed by atoms with Crippen molar-refractivity contribution in [3.63, 3.8) is 0 Å². The summed E-state index contributed by atoms with van der Waals surface area (Å²) in [5, 5.41) is 6.63. The van der Waals surface area contributed by atoms with Crippen molar-refractivity contribution in [3.8, 4) is 11.5 Å². The van der Waals surface area contributed by atoms with Crippen molar-refractivity contribution in [2.24, 2.45) is 0 Å². The number of likely N-dealkylation sites (N-methyl/N-ethyl adjacent to an activating group) is 1. The van der Waals surface area contributed by atoms with Gasteiger partial charge in [0, 0.05) is 24.0 Å². The molecule has 0 amide bonds. The van der Waals surface area contributed by atoms with Gasteiger partial charge in [-0.2, -0.15) is 0 Å². The average Bonchev–Trinajstić information content (AvgIpc) is 2.99. The van der Waals surface area contributed by atoms with Gasteiger partial charge in [-0.25, -0.2) is 4.98 Å². The first-order chi connectivity index (χ1) is 9.78. The van der Waals surface area contributed by atoms with Crippen molar-refractivity contribution in [3.05, 3.63) is 40.3 Å². The van der Waals surface area contributed by atoms with Crippen LogP contribution in [0, 0.1) is 0 Å². The number of ether oxygens (including phenoxy) is 2. The Morgan fingerprint density at radius 2 is 2.05 bits per heavy atom. The lowest BCUT2D eigenvalue weighted by Crippen LogP contribution is -2.23. The summed E-state index contributed by atoms with van der Waals surface area (Å²) in [6.45, 7) is 3.01. The first-order valence-corrected chi connectivity index (χ1v) is 7.50. The molecule has 0 aliphatic heterocycles. The second-order valence-corrected chi connectivity index (χ2v) is 5.33. The molecule has 20 heavy (non-hydrogen) atoms. The molecule has 0 saturated heterocycles. The van der Waals surface area contributed by atoms with E-state index in [1.165, 1.54) is 5.56 Å². The van der Waals surface area contributed by atoms with Crippen LogP contribution >= 0.6 is 11.3 Å². The molecule has 108 valence electrons. The predicted molar refractivity (Wildman–Crippen MR) is 81.8 cm³/mol. The topological polar surface area (TPSA) is 43.4 Å². The number of benzene rings is 1. The number of aromatic nitrogens is 1. The van der Waals surface area contributed by atoms with E-state index in [4.69, 9.17) is 9.47 Å². The van der Waals surface area contributed by atoms with Crippen LogP contribution in [-0.4, -0.2) is 25.7 Å². The van der Waals surface area contributed by atoms with E-state index in [1.54, 1.807) is 25.6 Å². The van der Waals surface area contributed by atoms with Gasteiger partial charge < -0.3 is 14.8 Å². The first kappa shape index (κ1) is 14.8. The Kier molecular flexibility index (Phi) is 5.38. The zero-order valence-electron chi connectivity index (χ0n) is 12.1. The van der Waals surface area contributed by atoms with Gasteiger partial charge in [0.15, 0.2) is 11.5 Å². The Labute approximate surface area is 123 Å². The molecule has 1 atom stereocenters. The number of thiazole rings is 1. The minimum atomic E-state index is 0.228. The van der Waals surface area contributed by atoms with E-state index >= 15 is 0 Å². The molecule has 1 heterocycles. The third kappa shape index (κ3) is 3.49. The Morgan fingerprint density at radius 3 is 2.65 bits per heavy atom. The summed E-state index contributed by atoms with van der Waals surface area (Å²) in [5.74, 6) is 1.51. The molecule has 1 N–H and O–H groups in total. The Hall–Kier alpha value is -1.59. The lowest BCUT2D eigenvalue weighted by molar-refractivity contribution is 0.354. The minimum Gasteiger partial charge on any atom is -0.493 e. The van der Waals surface area contributed by atoms with E-state index in [-0.39, 0.29) is 6.04 Å². The minimum absolute atomic E-state index is 0.228. The standard InChI is InChI=1S/C15H20N2O2S/c1-4-16-12(10-15-17-7-8-20-15)11-5-6-13(18-2)14(9-11)19-3/h5-9,12,16H,4,10H2,1-3H3. The zero-order valence-corrected chi connectivity index (χ0v) is 12.9. The van der Waals surface area contributed by atoms with E-state index in [2.05, 4.69) is 23.3 Å². The lowest BCUT2D eigenvalue weighted by atomic mass is 10.0. The van der Waals surface area contributed by atoms with Crippen LogP contribution in [0.3, 0.4) is 0 Å². The summed E-state index contributed by atoms with van der Waals surface area (Å²) >= 11 is 1.68. The number of hydrogen-bond donors (Lipinski definition) is 1. The van der Waals surface area contributed by atoms with Crippen molar-refractivity contribution in [2.45, 2.75) is 19.4 Å². The Bertz CT molecular complexity index is 529. The molecule has 0 saturated carbocycles. The quantitative estimate of drug-likeness (QED) is 0.852. The van der Waals surface area contributed by atoms with Crippen molar-refractivity contribution in [2.75, 3.05) is 20.8 Å². The van der Waals surface area contributed by atoms with Gasteiger partial charge in [0.1, 0.15) is 0 Å². The molecular weight excluding hydrogens is 272 g/mol. The van der Waals surface area contributed by atoms with Crippen LogP contribution in [0.1, 0.15) is 23.5 Å². The SMILES string of the molecule is CCNC(Cc1nccs1)c1ccc(OC)c(OC)c1. The van der Waals surface area contributed by atoms with Crippen LogP contribution in [0.25, 0.3) is 0 Å². The van der Waals surface area contributed by atoms with Crippen molar-refractivity contribution in [1.29, 1.82) is 0 Å². The zero-order chi connectivity index (χ0) is 14.4. The van der Waals surface area contributed by atoms with E-state index in [1.807, 2.05) is 23.7 Å². The molecule has 2 rings (SSSR count). The van der Waals surface area contributed by atoms with Gasteiger partial charge in [0.05, 0.1) is 19.2 Å². The first-order valence-electron chi connectivity index (χ1n) is 6.62. The Morgan fingerprint density at radius 1 is 1.25 bits per heavy atom. The molecule has 0 fully saturated rings. The average molecular weight is 292 g/mol. The highest BCUT2D eigenvalue weighted by Crippen LogP contribution is 2.31. The maximum absolute atomic E-state index is 5.37. The highest BCUT2D eigenvalue weighted by molar-refractivity contribution is 7.09.